The quantitative estimate of drug-likeness (QED) is 0.863. The summed E-state index contributed by atoms with van der Waals surface area (Å²) >= 11 is 0. The second kappa shape index (κ2) is 4.89. The van der Waals surface area contributed by atoms with Gasteiger partial charge in [-0.25, -0.2) is 8.42 Å². The standard InChI is InChI=1S/C12H15NO3S/c13-7-1-2-10-3-5-11(6-4-10)16-12-8-17(14,15)9-12/h1-6,12H,7-9,13H2/b2-1+. The van der Waals surface area contributed by atoms with Crippen LogP contribution in [0.2, 0.25) is 0 Å². The van der Waals surface area contributed by atoms with E-state index in [1.54, 1.807) is 0 Å². The fraction of sp³-hybridized carbons (Fsp3) is 0.333. The van der Waals surface area contributed by atoms with Gasteiger partial charge >= 0.3 is 0 Å². The van der Waals surface area contributed by atoms with Gasteiger partial charge < -0.3 is 10.5 Å². The maximum Gasteiger partial charge on any atom is 0.157 e. The summed E-state index contributed by atoms with van der Waals surface area (Å²) in [6.45, 7) is 0.512. The van der Waals surface area contributed by atoms with Gasteiger partial charge in [-0.3, -0.25) is 0 Å². The van der Waals surface area contributed by atoms with Gasteiger partial charge in [-0.15, -0.1) is 0 Å². The molecule has 1 saturated heterocycles. The summed E-state index contributed by atoms with van der Waals surface area (Å²) in [6.07, 6.45) is 3.61. The lowest BCUT2D eigenvalue weighted by atomic mass is 10.2. The van der Waals surface area contributed by atoms with E-state index in [2.05, 4.69) is 0 Å². The van der Waals surface area contributed by atoms with Gasteiger partial charge in [0.05, 0.1) is 11.5 Å². The van der Waals surface area contributed by atoms with Crippen molar-refractivity contribution >= 4 is 15.9 Å². The van der Waals surface area contributed by atoms with Crippen molar-refractivity contribution < 1.29 is 13.2 Å². The molecule has 1 heterocycles. The topological polar surface area (TPSA) is 69.4 Å². The predicted molar refractivity (Wildman–Crippen MR) is 67.6 cm³/mol. The van der Waals surface area contributed by atoms with Gasteiger partial charge in [-0.1, -0.05) is 24.3 Å². The molecule has 92 valence electrons. The smallest absolute Gasteiger partial charge is 0.157 e. The Balaban J connectivity index is 1.93. The molecule has 0 aliphatic carbocycles. The van der Waals surface area contributed by atoms with Crippen molar-refractivity contribution in [2.45, 2.75) is 6.10 Å². The van der Waals surface area contributed by atoms with Gasteiger partial charge in [0.1, 0.15) is 11.9 Å². The first-order valence-corrected chi connectivity index (χ1v) is 7.25. The Hall–Kier alpha value is -1.33. The zero-order chi connectivity index (χ0) is 12.3. The largest absolute Gasteiger partial charge is 0.488 e. The first-order valence-electron chi connectivity index (χ1n) is 5.43. The van der Waals surface area contributed by atoms with E-state index >= 15 is 0 Å². The number of ether oxygens (including phenoxy) is 1. The van der Waals surface area contributed by atoms with Crippen LogP contribution >= 0.6 is 0 Å². The van der Waals surface area contributed by atoms with Crippen LogP contribution in [0.5, 0.6) is 5.75 Å². The molecule has 2 N–H and O–H groups in total. The summed E-state index contributed by atoms with van der Waals surface area (Å²) in [4.78, 5) is 0. The Morgan fingerprint density at radius 1 is 1.29 bits per heavy atom. The van der Waals surface area contributed by atoms with Crippen LogP contribution in [0.3, 0.4) is 0 Å². The average molecular weight is 253 g/mol. The SMILES string of the molecule is NC/C=C/c1ccc(OC2CS(=O)(=O)C2)cc1. The molecule has 1 aromatic carbocycles. The average Bonchev–Trinajstić information content (AvgIpc) is 2.26. The Morgan fingerprint density at radius 3 is 2.47 bits per heavy atom. The van der Waals surface area contributed by atoms with E-state index in [1.165, 1.54) is 0 Å². The number of nitrogens with two attached hydrogens (primary N) is 1. The van der Waals surface area contributed by atoms with Crippen LogP contribution < -0.4 is 10.5 Å². The van der Waals surface area contributed by atoms with Crippen LogP contribution in [0, 0.1) is 0 Å². The third-order valence-corrected chi connectivity index (χ3v) is 4.27. The van der Waals surface area contributed by atoms with E-state index in [9.17, 15) is 8.42 Å². The zero-order valence-corrected chi connectivity index (χ0v) is 10.2. The van der Waals surface area contributed by atoms with Crippen molar-refractivity contribution in [1.82, 2.24) is 0 Å². The Bertz CT molecular complexity index is 493. The number of rotatable bonds is 4. The van der Waals surface area contributed by atoms with E-state index in [-0.39, 0.29) is 17.6 Å². The van der Waals surface area contributed by atoms with E-state index in [0.717, 1.165) is 5.56 Å². The fourth-order valence-corrected chi connectivity index (χ4v) is 2.81. The number of hydrogen-bond acceptors (Lipinski definition) is 4. The molecule has 1 fully saturated rings. The highest BCUT2D eigenvalue weighted by molar-refractivity contribution is 7.92. The van der Waals surface area contributed by atoms with Crippen molar-refractivity contribution in [3.8, 4) is 5.75 Å². The van der Waals surface area contributed by atoms with Crippen LogP contribution in [0.15, 0.2) is 30.3 Å². The highest BCUT2D eigenvalue weighted by Gasteiger charge is 2.35. The van der Waals surface area contributed by atoms with Gasteiger partial charge in [0, 0.05) is 6.54 Å². The van der Waals surface area contributed by atoms with Gasteiger partial charge in [0.25, 0.3) is 0 Å². The zero-order valence-electron chi connectivity index (χ0n) is 9.37. The predicted octanol–water partition coefficient (Wildman–Crippen LogP) is 0.834. The first kappa shape index (κ1) is 12.1. The van der Waals surface area contributed by atoms with Crippen molar-refractivity contribution in [2.75, 3.05) is 18.1 Å². The van der Waals surface area contributed by atoms with Gasteiger partial charge in [-0.05, 0) is 17.7 Å². The molecule has 0 atom stereocenters. The summed E-state index contributed by atoms with van der Waals surface area (Å²) < 4.78 is 27.4. The van der Waals surface area contributed by atoms with E-state index < -0.39 is 9.84 Å². The number of sulfone groups is 1. The molecule has 0 bridgehead atoms. The molecule has 0 amide bonds. The maximum atomic E-state index is 11.0. The molecular formula is C12H15NO3S. The summed E-state index contributed by atoms with van der Waals surface area (Å²) in [7, 11) is -2.82. The van der Waals surface area contributed by atoms with E-state index in [1.807, 2.05) is 36.4 Å². The second-order valence-corrected chi connectivity index (χ2v) is 6.18. The molecule has 5 heteroatoms. The van der Waals surface area contributed by atoms with Crippen LogP contribution in [0.4, 0.5) is 0 Å². The minimum absolute atomic E-state index is 0.127. The van der Waals surface area contributed by atoms with Crippen LogP contribution in [0.25, 0.3) is 6.08 Å². The highest BCUT2D eigenvalue weighted by atomic mass is 32.2. The highest BCUT2D eigenvalue weighted by Crippen LogP contribution is 2.20. The summed E-state index contributed by atoms with van der Waals surface area (Å²) in [5.74, 6) is 0.957. The molecule has 4 nitrogen and oxygen atoms in total. The molecule has 0 aromatic heterocycles. The lowest BCUT2D eigenvalue weighted by molar-refractivity contribution is 0.230. The second-order valence-electron chi connectivity index (χ2n) is 4.02. The third kappa shape index (κ3) is 3.31. The fourth-order valence-electron chi connectivity index (χ4n) is 1.64. The molecule has 2 rings (SSSR count). The first-order chi connectivity index (χ1) is 8.09. The molecule has 1 aromatic rings. The molecule has 1 aliphatic heterocycles. The van der Waals surface area contributed by atoms with Crippen LogP contribution in [-0.4, -0.2) is 32.6 Å². The number of benzene rings is 1. The van der Waals surface area contributed by atoms with Crippen LogP contribution in [-0.2, 0) is 9.84 Å². The van der Waals surface area contributed by atoms with Gasteiger partial charge in [-0.2, -0.15) is 0 Å². The molecule has 0 spiro atoms. The molecule has 17 heavy (non-hydrogen) atoms. The lowest BCUT2D eigenvalue weighted by Crippen LogP contribution is -2.45. The minimum atomic E-state index is -2.82. The van der Waals surface area contributed by atoms with E-state index in [0.29, 0.717) is 12.3 Å². The maximum absolute atomic E-state index is 11.0. The number of hydrogen-bond donors (Lipinski definition) is 1. The normalized spacial score (nSPS) is 19.1. The van der Waals surface area contributed by atoms with Gasteiger partial charge in [0.15, 0.2) is 9.84 Å². The molecule has 0 saturated carbocycles. The Labute approximate surface area is 101 Å². The molecule has 0 unspecified atom stereocenters. The van der Waals surface area contributed by atoms with Crippen molar-refractivity contribution in [2.24, 2.45) is 5.73 Å². The molecular weight excluding hydrogens is 238 g/mol. The van der Waals surface area contributed by atoms with Crippen molar-refractivity contribution in [3.05, 3.63) is 35.9 Å². The van der Waals surface area contributed by atoms with E-state index in [4.69, 9.17) is 10.5 Å². The van der Waals surface area contributed by atoms with Crippen molar-refractivity contribution in [3.63, 3.8) is 0 Å². The summed E-state index contributed by atoms with van der Waals surface area (Å²) in [5, 5.41) is 0. The molecule has 0 radical (unpaired) electrons. The Kier molecular flexibility index (Phi) is 3.49. The van der Waals surface area contributed by atoms with Crippen LogP contribution in [0.1, 0.15) is 5.56 Å². The molecule has 1 aliphatic rings. The van der Waals surface area contributed by atoms with Gasteiger partial charge in [0.2, 0.25) is 0 Å². The van der Waals surface area contributed by atoms with Crippen molar-refractivity contribution in [1.29, 1.82) is 0 Å². The third-order valence-electron chi connectivity index (χ3n) is 2.51. The monoisotopic (exact) mass is 253 g/mol. The summed E-state index contributed by atoms with van der Waals surface area (Å²) in [5.41, 5.74) is 6.40. The lowest BCUT2D eigenvalue weighted by Gasteiger charge is -2.26. The Morgan fingerprint density at radius 2 is 1.94 bits per heavy atom. The minimum Gasteiger partial charge on any atom is -0.488 e. The summed E-state index contributed by atoms with van der Waals surface area (Å²) in [6, 6.07) is 7.49.